The molecule has 0 unspecified atom stereocenters. The van der Waals surface area contributed by atoms with Crippen LogP contribution in [0.1, 0.15) is 18.4 Å². The molecule has 0 fully saturated rings. The molecule has 0 radical (unpaired) electrons. The van der Waals surface area contributed by atoms with Crippen molar-refractivity contribution >= 4 is 11.6 Å². The predicted octanol–water partition coefficient (Wildman–Crippen LogP) is 3.57. The molecular formula is C15H14FNO. The molecule has 0 saturated heterocycles. The normalized spacial score (nSPS) is 11.9. The zero-order chi connectivity index (χ0) is 13.0. The van der Waals surface area contributed by atoms with Crippen LogP contribution in [-0.4, -0.2) is 5.91 Å². The van der Waals surface area contributed by atoms with Gasteiger partial charge in [0.15, 0.2) is 0 Å². The summed E-state index contributed by atoms with van der Waals surface area (Å²) in [5, 5.41) is 2.70. The van der Waals surface area contributed by atoms with Crippen molar-refractivity contribution in [3.05, 3.63) is 66.0 Å². The molecule has 0 aromatic heterocycles. The second kappa shape index (κ2) is 5.45. The molecule has 92 valence electrons. The Kier molecular flexibility index (Phi) is 3.72. The van der Waals surface area contributed by atoms with Crippen LogP contribution in [0.2, 0.25) is 0 Å². The zero-order valence-electron chi connectivity index (χ0n) is 10.1. The number of hydrogen-bond donors (Lipinski definition) is 1. The molecule has 2 rings (SSSR count). The summed E-state index contributed by atoms with van der Waals surface area (Å²) < 4.78 is 13.0. The molecule has 2 nitrogen and oxygen atoms in total. The second-order valence-corrected chi connectivity index (χ2v) is 4.13. The van der Waals surface area contributed by atoms with Gasteiger partial charge in [-0.3, -0.25) is 4.79 Å². The molecular weight excluding hydrogens is 229 g/mol. The van der Waals surface area contributed by atoms with E-state index in [1.807, 2.05) is 37.3 Å². The van der Waals surface area contributed by atoms with Crippen molar-refractivity contribution in [3.63, 3.8) is 0 Å². The fourth-order valence-electron chi connectivity index (χ4n) is 1.71. The summed E-state index contributed by atoms with van der Waals surface area (Å²) in [5.41, 5.74) is 1.41. The molecule has 3 heteroatoms. The SMILES string of the molecule is C[C@@H](C(=O)Nc1cccc(F)c1)c1ccccc1. The van der Waals surface area contributed by atoms with E-state index in [1.54, 1.807) is 12.1 Å². The lowest BCUT2D eigenvalue weighted by Gasteiger charge is -2.12. The van der Waals surface area contributed by atoms with Crippen LogP contribution >= 0.6 is 0 Å². The molecule has 1 atom stereocenters. The lowest BCUT2D eigenvalue weighted by molar-refractivity contribution is -0.117. The lowest BCUT2D eigenvalue weighted by atomic mass is 10.0. The number of carbonyl (C=O) groups excluding carboxylic acids is 1. The Bertz CT molecular complexity index is 539. The maximum Gasteiger partial charge on any atom is 0.231 e. The summed E-state index contributed by atoms with van der Waals surface area (Å²) in [6.45, 7) is 1.82. The summed E-state index contributed by atoms with van der Waals surface area (Å²) in [6.07, 6.45) is 0. The van der Waals surface area contributed by atoms with E-state index in [0.29, 0.717) is 5.69 Å². The van der Waals surface area contributed by atoms with Gasteiger partial charge in [0, 0.05) is 5.69 Å². The molecule has 0 aliphatic heterocycles. The molecule has 2 aromatic rings. The van der Waals surface area contributed by atoms with Gasteiger partial charge < -0.3 is 5.32 Å². The molecule has 0 heterocycles. The van der Waals surface area contributed by atoms with Crippen LogP contribution in [0.4, 0.5) is 10.1 Å². The van der Waals surface area contributed by atoms with Gasteiger partial charge in [0.25, 0.3) is 0 Å². The number of nitrogens with one attached hydrogen (secondary N) is 1. The molecule has 0 aliphatic rings. The Balaban J connectivity index is 2.09. The topological polar surface area (TPSA) is 29.1 Å². The van der Waals surface area contributed by atoms with E-state index in [0.717, 1.165) is 5.56 Å². The number of benzene rings is 2. The van der Waals surface area contributed by atoms with Crippen LogP contribution in [0.25, 0.3) is 0 Å². The summed E-state index contributed by atoms with van der Waals surface area (Å²) >= 11 is 0. The van der Waals surface area contributed by atoms with E-state index in [1.165, 1.54) is 12.1 Å². The monoisotopic (exact) mass is 243 g/mol. The number of halogens is 1. The first-order valence-electron chi connectivity index (χ1n) is 5.78. The van der Waals surface area contributed by atoms with E-state index in [2.05, 4.69) is 5.32 Å². The minimum Gasteiger partial charge on any atom is -0.325 e. The van der Waals surface area contributed by atoms with Gasteiger partial charge in [-0.25, -0.2) is 4.39 Å². The summed E-state index contributed by atoms with van der Waals surface area (Å²) in [7, 11) is 0. The molecule has 0 bridgehead atoms. The van der Waals surface area contributed by atoms with Crippen molar-refractivity contribution in [1.82, 2.24) is 0 Å². The van der Waals surface area contributed by atoms with Gasteiger partial charge in [-0.1, -0.05) is 36.4 Å². The number of rotatable bonds is 3. The highest BCUT2D eigenvalue weighted by Crippen LogP contribution is 2.17. The highest BCUT2D eigenvalue weighted by Gasteiger charge is 2.14. The summed E-state index contributed by atoms with van der Waals surface area (Å²) in [5.74, 6) is -0.776. The van der Waals surface area contributed by atoms with Crippen molar-refractivity contribution in [3.8, 4) is 0 Å². The predicted molar refractivity (Wildman–Crippen MR) is 69.9 cm³/mol. The highest BCUT2D eigenvalue weighted by molar-refractivity contribution is 5.95. The fraction of sp³-hybridized carbons (Fsp3) is 0.133. The van der Waals surface area contributed by atoms with E-state index < -0.39 is 0 Å². The van der Waals surface area contributed by atoms with Gasteiger partial charge in [-0.05, 0) is 30.7 Å². The van der Waals surface area contributed by atoms with Gasteiger partial charge in [-0.15, -0.1) is 0 Å². The first-order valence-corrected chi connectivity index (χ1v) is 5.78. The molecule has 18 heavy (non-hydrogen) atoms. The van der Waals surface area contributed by atoms with Crippen molar-refractivity contribution in [2.75, 3.05) is 5.32 Å². The van der Waals surface area contributed by atoms with Crippen LogP contribution in [0.5, 0.6) is 0 Å². The molecule has 2 aromatic carbocycles. The maximum absolute atomic E-state index is 13.0. The maximum atomic E-state index is 13.0. The van der Waals surface area contributed by atoms with Crippen LogP contribution in [0, 0.1) is 5.82 Å². The first-order chi connectivity index (χ1) is 8.66. The Labute approximate surface area is 105 Å². The minimum atomic E-state index is -0.361. The van der Waals surface area contributed by atoms with Gasteiger partial charge in [-0.2, -0.15) is 0 Å². The van der Waals surface area contributed by atoms with E-state index in [9.17, 15) is 9.18 Å². The van der Waals surface area contributed by atoms with Crippen LogP contribution in [0.3, 0.4) is 0 Å². The summed E-state index contributed by atoms with van der Waals surface area (Å²) in [6, 6.07) is 15.4. The Hall–Kier alpha value is -2.16. The standard InChI is InChI=1S/C15H14FNO/c1-11(12-6-3-2-4-7-12)15(18)17-14-9-5-8-13(16)10-14/h2-11H,1H3,(H,17,18)/t11-/m1/s1. The fourth-order valence-corrected chi connectivity index (χ4v) is 1.71. The second-order valence-electron chi connectivity index (χ2n) is 4.13. The third kappa shape index (κ3) is 2.94. The largest absolute Gasteiger partial charge is 0.325 e. The number of amides is 1. The van der Waals surface area contributed by atoms with Crippen molar-refractivity contribution < 1.29 is 9.18 Å². The van der Waals surface area contributed by atoms with Gasteiger partial charge >= 0.3 is 0 Å². The average molecular weight is 243 g/mol. The molecule has 1 amide bonds. The Morgan fingerprint density at radius 3 is 2.50 bits per heavy atom. The first kappa shape index (κ1) is 12.3. The van der Waals surface area contributed by atoms with E-state index in [-0.39, 0.29) is 17.6 Å². The van der Waals surface area contributed by atoms with Crippen molar-refractivity contribution in [2.24, 2.45) is 0 Å². The van der Waals surface area contributed by atoms with Crippen LogP contribution in [-0.2, 0) is 4.79 Å². The Morgan fingerprint density at radius 1 is 1.11 bits per heavy atom. The zero-order valence-corrected chi connectivity index (χ0v) is 10.1. The Morgan fingerprint density at radius 2 is 1.83 bits per heavy atom. The third-order valence-corrected chi connectivity index (χ3v) is 2.79. The van der Waals surface area contributed by atoms with Gasteiger partial charge in [0.05, 0.1) is 5.92 Å². The molecule has 0 aliphatic carbocycles. The van der Waals surface area contributed by atoms with E-state index in [4.69, 9.17) is 0 Å². The van der Waals surface area contributed by atoms with E-state index >= 15 is 0 Å². The molecule has 0 spiro atoms. The van der Waals surface area contributed by atoms with Gasteiger partial charge in [0.2, 0.25) is 5.91 Å². The lowest BCUT2D eigenvalue weighted by Crippen LogP contribution is -2.18. The molecule has 0 saturated carbocycles. The quantitative estimate of drug-likeness (QED) is 0.877. The molecule has 1 N–H and O–H groups in total. The van der Waals surface area contributed by atoms with Crippen LogP contribution < -0.4 is 5.32 Å². The number of hydrogen-bond acceptors (Lipinski definition) is 1. The average Bonchev–Trinajstić information content (AvgIpc) is 2.39. The third-order valence-electron chi connectivity index (χ3n) is 2.79. The van der Waals surface area contributed by atoms with Gasteiger partial charge in [0.1, 0.15) is 5.82 Å². The minimum absolute atomic E-state index is 0.146. The van der Waals surface area contributed by atoms with Crippen molar-refractivity contribution in [1.29, 1.82) is 0 Å². The summed E-state index contributed by atoms with van der Waals surface area (Å²) in [4.78, 5) is 12.0. The smallest absolute Gasteiger partial charge is 0.231 e. The highest BCUT2D eigenvalue weighted by atomic mass is 19.1. The van der Waals surface area contributed by atoms with Crippen LogP contribution in [0.15, 0.2) is 54.6 Å². The number of carbonyl (C=O) groups is 1. The number of anilines is 1. The van der Waals surface area contributed by atoms with Crippen molar-refractivity contribution in [2.45, 2.75) is 12.8 Å².